The number of aryl methyl sites for hydroxylation is 2. The highest BCUT2D eigenvalue weighted by Crippen LogP contribution is 2.27. The summed E-state index contributed by atoms with van der Waals surface area (Å²) in [6.45, 7) is 0.817. The molecule has 4 rings (SSSR count). The number of nitrogens with zero attached hydrogens (tertiary/aromatic N) is 4. The summed E-state index contributed by atoms with van der Waals surface area (Å²) in [6, 6.07) is 11.7. The maximum absolute atomic E-state index is 14.0. The minimum atomic E-state index is -0.552. The summed E-state index contributed by atoms with van der Waals surface area (Å²) in [5.41, 5.74) is 1.35. The van der Waals surface area contributed by atoms with Gasteiger partial charge in [-0.05, 0) is 36.2 Å². The number of pyridine rings is 1. The molecule has 0 saturated carbocycles. The Kier molecular flexibility index (Phi) is 5.33. The number of rotatable bonds is 6. The highest BCUT2D eigenvalue weighted by Gasteiger charge is 2.36. The lowest BCUT2D eigenvalue weighted by molar-refractivity contribution is -0.122. The molecule has 1 aliphatic heterocycles. The first-order valence-corrected chi connectivity index (χ1v) is 9.38. The Balaban J connectivity index is 1.35. The van der Waals surface area contributed by atoms with Gasteiger partial charge in [0.05, 0.1) is 11.6 Å². The van der Waals surface area contributed by atoms with Gasteiger partial charge in [0, 0.05) is 44.2 Å². The van der Waals surface area contributed by atoms with Gasteiger partial charge in [0.25, 0.3) is 0 Å². The van der Waals surface area contributed by atoms with Gasteiger partial charge in [-0.15, -0.1) is 0 Å². The van der Waals surface area contributed by atoms with Crippen LogP contribution in [0.15, 0.2) is 61.1 Å². The Hall–Kier alpha value is -3.55. The first-order chi connectivity index (χ1) is 14.1. The van der Waals surface area contributed by atoms with E-state index in [2.05, 4.69) is 15.4 Å². The topological polar surface area (TPSA) is 80.1 Å². The molecule has 2 aromatic heterocycles. The summed E-state index contributed by atoms with van der Waals surface area (Å²) < 4.78 is 15.7. The molecule has 0 radical (unpaired) electrons. The van der Waals surface area contributed by atoms with Gasteiger partial charge in [0.1, 0.15) is 5.82 Å². The van der Waals surface area contributed by atoms with Crippen LogP contribution >= 0.6 is 0 Å². The van der Waals surface area contributed by atoms with Gasteiger partial charge < -0.3 is 10.2 Å². The molecule has 0 aliphatic carbocycles. The SMILES string of the molecule is O=C(Nc1ccn(CCc2ccncc2)n1)C1CC(=O)N(c2ccccc2F)C1. The molecule has 29 heavy (non-hydrogen) atoms. The van der Waals surface area contributed by atoms with E-state index in [1.165, 1.54) is 17.0 Å². The van der Waals surface area contributed by atoms with E-state index in [1.54, 1.807) is 41.5 Å². The van der Waals surface area contributed by atoms with E-state index < -0.39 is 11.7 Å². The number of anilines is 2. The molecule has 1 N–H and O–H groups in total. The number of carbonyl (C=O) groups excluding carboxylic acids is 2. The summed E-state index contributed by atoms with van der Waals surface area (Å²) in [7, 11) is 0. The number of aromatic nitrogens is 3. The molecule has 7 nitrogen and oxygen atoms in total. The Morgan fingerprint density at radius 2 is 1.97 bits per heavy atom. The minimum Gasteiger partial charge on any atom is -0.309 e. The number of para-hydroxylation sites is 1. The zero-order valence-corrected chi connectivity index (χ0v) is 15.7. The maximum Gasteiger partial charge on any atom is 0.231 e. The van der Waals surface area contributed by atoms with Crippen LogP contribution in [0, 0.1) is 11.7 Å². The highest BCUT2D eigenvalue weighted by molar-refractivity contribution is 6.03. The van der Waals surface area contributed by atoms with Crippen molar-refractivity contribution in [1.82, 2.24) is 14.8 Å². The quantitative estimate of drug-likeness (QED) is 0.698. The smallest absolute Gasteiger partial charge is 0.231 e. The van der Waals surface area contributed by atoms with Gasteiger partial charge in [-0.25, -0.2) is 4.39 Å². The molecule has 0 bridgehead atoms. The van der Waals surface area contributed by atoms with Crippen molar-refractivity contribution in [3.8, 4) is 0 Å². The van der Waals surface area contributed by atoms with Crippen molar-refractivity contribution >= 4 is 23.3 Å². The van der Waals surface area contributed by atoms with E-state index in [9.17, 15) is 14.0 Å². The average molecular weight is 393 g/mol. The second-order valence-corrected chi connectivity index (χ2v) is 6.92. The summed E-state index contributed by atoms with van der Waals surface area (Å²) >= 11 is 0. The normalized spacial score (nSPS) is 16.2. The van der Waals surface area contributed by atoms with Crippen LogP contribution in [0.2, 0.25) is 0 Å². The standard InChI is InChI=1S/C21H20FN5O2/c22-17-3-1-2-4-18(17)27-14-16(13-20(27)28)21(29)24-19-8-12-26(25-19)11-7-15-5-9-23-10-6-15/h1-6,8-10,12,16H,7,11,13-14H2,(H,24,25,29). The van der Waals surface area contributed by atoms with E-state index in [1.807, 2.05) is 12.1 Å². The number of benzene rings is 1. The Labute approximate surface area is 167 Å². The lowest BCUT2D eigenvalue weighted by atomic mass is 10.1. The maximum atomic E-state index is 14.0. The van der Waals surface area contributed by atoms with Crippen molar-refractivity contribution in [2.45, 2.75) is 19.4 Å². The third-order valence-corrected chi connectivity index (χ3v) is 4.91. The molecule has 1 aromatic carbocycles. The fourth-order valence-corrected chi connectivity index (χ4v) is 3.36. The largest absolute Gasteiger partial charge is 0.309 e. The number of hydrogen-bond acceptors (Lipinski definition) is 4. The monoisotopic (exact) mass is 393 g/mol. The average Bonchev–Trinajstić information content (AvgIpc) is 3.34. The predicted octanol–water partition coefficient (Wildman–Crippen LogP) is 2.65. The van der Waals surface area contributed by atoms with E-state index in [0.29, 0.717) is 12.4 Å². The lowest BCUT2D eigenvalue weighted by Crippen LogP contribution is -2.28. The molecule has 1 fully saturated rings. The first kappa shape index (κ1) is 18.8. The van der Waals surface area contributed by atoms with E-state index in [4.69, 9.17) is 0 Å². The van der Waals surface area contributed by atoms with Crippen LogP contribution < -0.4 is 10.2 Å². The Morgan fingerprint density at radius 1 is 1.17 bits per heavy atom. The van der Waals surface area contributed by atoms with Gasteiger partial charge >= 0.3 is 0 Å². The molecule has 3 heterocycles. The summed E-state index contributed by atoms with van der Waals surface area (Å²) in [5.74, 6) is -1.16. The van der Waals surface area contributed by atoms with Crippen LogP contribution in [-0.2, 0) is 22.6 Å². The molecule has 3 aromatic rings. The molecule has 1 atom stereocenters. The fraction of sp³-hybridized carbons (Fsp3) is 0.238. The van der Waals surface area contributed by atoms with Crippen LogP contribution in [0.25, 0.3) is 0 Å². The second-order valence-electron chi connectivity index (χ2n) is 6.92. The van der Waals surface area contributed by atoms with Crippen LogP contribution in [0.5, 0.6) is 0 Å². The van der Waals surface area contributed by atoms with Gasteiger partial charge in [-0.3, -0.25) is 19.3 Å². The molecule has 0 spiro atoms. The molecule has 1 saturated heterocycles. The lowest BCUT2D eigenvalue weighted by Gasteiger charge is -2.17. The van der Waals surface area contributed by atoms with Gasteiger partial charge in [-0.1, -0.05) is 12.1 Å². The van der Waals surface area contributed by atoms with Crippen LogP contribution in [-0.4, -0.2) is 33.1 Å². The van der Waals surface area contributed by atoms with Crippen LogP contribution in [0.3, 0.4) is 0 Å². The van der Waals surface area contributed by atoms with Crippen molar-refractivity contribution < 1.29 is 14.0 Å². The number of hydrogen-bond donors (Lipinski definition) is 1. The highest BCUT2D eigenvalue weighted by atomic mass is 19.1. The van der Waals surface area contributed by atoms with Crippen molar-refractivity contribution in [2.24, 2.45) is 5.92 Å². The molecule has 8 heteroatoms. The molecular formula is C21H20FN5O2. The number of carbonyl (C=O) groups is 2. The summed E-state index contributed by atoms with van der Waals surface area (Å²) in [5, 5.41) is 7.11. The molecule has 1 unspecified atom stereocenters. The minimum absolute atomic E-state index is 0.0446. The van der Waals surface area contributed by atoms with Gasteiger partial charge in [0.2, 0.25) is 11.8 Å². The van der Waals surface area contributed by atoms with Crippen molar-refractivity contribution in [2.75, 3.05) is 16.8 Å². The molecule has 148 valence electrons. The van der Waals surface area contributed by atoms with E-state index in [-0.39, 0.29) is 30.5 Å². The zero-order valence-electron chi connectivity index (χ0n) is 15.7. The first-order valence-electron chi connectivity index (χ1n) is 9.38. The predicted molar refractivity (Wildman–Crippen MR) is 106 cm³/mol. The number of nitrogens with one attached hydrogen (secondary N) is 1. The summed E-state index contributed by atoms with van der Waals surface area (Å²) in [4.78, 5) is 30.2. The second kappa shape index (κ2) is 8.22. The van der Waals surface area contributed by atoms with Crippen LogP contribution in [0.4, 0.5) is 15.9 Å². The third-order valence-electron chi connectivity index (χ3n) is 4.91. The van der Waals surface area contributed by atoms with E-state index in [0.717, 1.165) is 12.0 Å². The van der Waals surface area contributed by atoms with Crippen molar-refractivity contribution in [3.05, 3.63) is 72.4 Å². The van der Waals surface area contributed by atoms with E-state index >= 15 is 0 Å². The number of halogens is 1. The zero-order chi connectivity index (χ0) is 20.2. The fourth-order valence-electron chi connectivity index (χ4n) is 3.36. The summed E-state index contributed by atoms with van der Waals surface area (Å²) in [6.07, 6.45) is 6.13. The molecule has 1 aliphatic rings. The van der Waals surface area contributed by atoms with Crippen LogP contribution in [0.1, 0.15) is 12.0 Å². The Morgan fingerprint density at radius 3 is 2.76 bits per heavy atom. The van der Waals surface area contributed by atoms with Crippen molar-refractivity contribution in [3.63, 3.8) is 0 Å². The Bertz CT molecular complexity index is 1020. The van der Waals surface area contributed by atoms with Gasteiger partial charge in [-0.2, -0.15) is 5.10 Å². The number of amides is 2. The molecule has 2 amide bonds. The third kappa shape index (κ3) is 4.31. The van der Waals surface area contributed by atoms with Crippen molar-refractivity contribution in [1.29, 1.82) is 0 Å². The van der Waals surface area contributed by atoms with Gasteiger partial charge in [0.15, 0.2) is 5.82 Å². The molecular weight excluding hydrogens is 373 g/mol.